The van der Waals surface area contributed by atoms with Crippen molar-refractivity contribution in [3.8, 4) is 5.75 Å². The largest absolute Gasteiger partial charge is 0.494 e. The van der Waals surface area contributed by atoms with Crippen LogP contribution >= 0.6 is 0 Å². The number of nitrogens with two attached hydrogens (primary N) is 1. The molecule has 0 aromatic heterocycles. The summed E-state index contributed by atoms with van der Waals surface area (Å²) in [7, 11) is 0. The van der Waals surface area contributed by atoms with Crippen molar-refractivity contribution in [3.05, 3.63) is 35.9 Å². The van der Waals surface area contributed by atoms with Crippen LogP contribution in [0.15, 0.2) is 30.3 Å². The quantitative estimate of drug-likeness (QED) is 0.862. The van der Waals surface area contributed by atoms with Gasteiger partial charge in [-0.05, 0) is 49.0 Å². The minimum atomic E-state index is 0.353. The third-order valence-electron chi connectivity index (χ3n) is 3.15. The van der Waals surface area contributed by atoms with Crippen molar-refractivity contribution in [3.63, 3.8) is 0 Å². The van der Waals surface area contributed by atoms with E-state index in [0.29, 0.717) is 6.04 Å². The number of benzene rings is 1. The summed E-state index contributed by atoms with van der Waals surface area (Å²) in [5.41, 5.74) is 8.62. The summed E-state index contributed by atoms with van der Waals surface area (Å²) >= 11 is 0. The second-order valence-electron chi connectivity index (χ2n) is 4.64. The van der Waals surface area contributed by atoms with Crippen LogP contribution in [0.2, 0.25) is 0 Å². The van der Waals surface area contributed by atoms with E-state index in [1.807, 2.05) is 0 Å². The van der Waals surface area contributed by atoms with Gasteiger partial charge in [0.1, 0.15) is 5.75 Å². The van der Waals surface area contributed by atoms with Crippen molar-refractivity contribution >= 4 is 5.57 Å². The Morgan fingerprint density at radius 1 is 1.29 bits per heavy atom. The van der Waals surface area contributed by atoms with Crippen LogP contribution in [0.4, 0.5) is 0 Å². The van der Waals surface area contributed by atoms with Gasteiger partial charge >= 0.3 is 0 Å². The van der Waals surface area contributed by atoms with Crippen molar-refractivity contribution in [2.24, 2.45) is 5.73 Å². The minimum Gasteiger partial charge on any atom is -0.494 e. The van der Waals surface area contributed by atoms with E-state index in [4.69, 9.17) is 10.5 Å². The van der Waals surface area contributed by atoms with Crippen LogP contribution in [-0.2, 0) is 0 Å². The molecule has 1 aliphatic rings. The molecule has 17 heavy (non-hydrogen) atoms. The first-order valence-corrected chi connectivity index (χ1v) is 6.47. The summed E-state index contributed by atoms with van der Waals surface area (Å²) in [5.74, 6) is 0.962. The third-order valence-corrected chi connectivity index (χ3v) is 3.15. The highest BCUT2D eigenvalue weighted by molar-refractivity contribution is 5.66. The van der Waals surface area contributed by atoms with Crippen molar-refractivity contribution in [2.45, 2.75) is 38.6 Å². The normalized spacial score (nSPS) is 19.9. The average Bonchev–Trinajstić information content (AvgIpc) is 2.38. The van der Waals surface area contributed by atoms with Crippen LogP contribution in [0.25, 0.3) is 5.57 Å². The summed E-state index contributed by atoms with van der Waals surface area (Å²) in [6.07, 6.45) is 6.51. The lowest BCUT2D eigenvalue weighted by molar-refractivity contribution is 0.317. The average molecular weight is 231 g/mol. The van der Waals surface area contributed by atoms with Crippen LogP contribution in [-0.4, -0.2) is 12.6 Å². The Hall–Kier alpha value is -1.28. The molecule has 0 aliphatic heterocycles. The number of ether oxygens (including phenoxy) is 1. The van der Waals surface area contributed by atoms with Crippen molar-refractivity contribution in [1.29, 1.82) is 0 Å². The third kappa shape index (κ3) is 3.34. The first-order valence-electron chi connectivity index (χ1n) is 6.47. The minimum absolute atomic E-state index is 0.353. The van der Waals surface area contributed by atoms with Gasteiger partial charge in [0.2, 0.25) is 0 Å². The molecular formula is C15H21NO. The molecule has 1 aliphatic carbocycles. The smallest absolute Gasteiger partial charge is 0.119 e. The van der Waals surface area contributed by atoms with E-state index in [9.17, 15) is 0 Å². The molecule has 1 atom stereocenters. The molecule has 92 valence electrons. The first-order chi connectivity index (χ1) is 8.29. The molecule has 0 amide bonds. The summed E-state index contributed by atoms with van der Waals surface area (Å²) in [6.45, 7) is 2.90. The van der Waals surface area contributed by atoms with Crippen LogP contribution in [0.3, 0.4) is 0 Å². The predicted octanol–water partition coefficient (Wildman–Crippen LogP) is 3.37. The molecule has 2 heteroatoms. The molecule has 0 radical (unpaired) electrons. The van der Waals surface area contributed by atoms with Crippen LogP contribution in [0, 0.1) is 0 Å². The van der Waals surface area contributed by atoms with E-state index in [1.54, 1.807) is 0 Å². The molecule has 2 rings (SSSR count). The number of rotatable bonds is 4. The Bertz CT molecular complexity index is 380. The summed E-state index contributed by atoms with van der Waals surface area (Å²) in [4.78, 5) is 0. The van der Waals surface area contributed by atoms with E-state index < -0.39 is 0 Å². The molecule has 0 spiro atoms. The zero-order chi connectivity index (χ0) is 12.1. The summed E-state index contributed by atoms with van der Waals surface area (Å²) in [5, 5.41) is 0. The highest BCUT2D eigenvalue weighted by atomic mass is 16.5. The Kier molecular flexibility index (Phi) is 4.21. The van der Waals surface area contributed by atoms with Gasteiger partial charge in [-0.2, -0.15) is 0 Å². The van der Waals surface area contributed by atoms with Crippen molar-refractivity contribution < 1.29 is 4.74 Å². The summed E-state index contributed by atoms with van der Waals surface area (Å²) < 4.78 is 5.58. The van der Waals surface area contributed by atoms with Crippen molar-refractivity contribution in [2.75, 3.05) is 6.61 Å². The lowest BCUT2D eigenvalue weighted by Gasteiger charge is -2.18. The lowest BCUT2D eigenvalue weighted by Crippen LogP contribution is -2.21. The first kappa shape index (κ1) is 12.2. The molecule has 1 unspecified atom stereocenters. The number of hydrogen-bond acceptors (Lipinski definition) is 2. The van der Waals surface area contributed by atoms with Crippen molar-refractivity contribution in [1.82, 2.24) is 0 Å². The van der Waals surface area contributed by atoms with E-state index in [0.717, 1.165) is 38.0 Å². The van der Waals surface area contributed by atoms with Gasteiger partial charge < -0.3 is 10.5 Å². The Morgan fingerprint density at radius 3 is 2.65 bits per heavy atom. The fourth-order valence-electron chi connectivity index (χ4n) is 2.10. The molecule has 1 aromatic rings. The molecular weight excluding hydrogens is 210 g/mol. The molecule has 0 bridgehead atoms. The van der Waals surface area contributed by atoms with Crippen LogP contribution in [0.5, 0.6) is 5.75 Å². The van der Waals surface area contributed by atoms with E-state index >= 15 is 0 Å². The highest BCUT2D eigenvalue weighted by Gasteiger charge is 2.11. The van der Waals surface area contributed by atoms with Gasteiger partial charge in [0.15, 0.2) is 0 Å². The molecule has 2 nitrogen and oxygen atoms in total. The fraction of sp³-hybridized carbons (Fsp3) is 0.467. The highest BCUT2D eigenvalue weighted by Crippen LogP contribution is 2.27. The molecule has 0 heterocycles. The zero-order valence-electron chi connectivity index (χ0n) is 10.5. The van der Waals surface area contributed by atoms with Gasteiger partial charge in [0.25, 0.3) is 0 Å². The Labute approximate surface area is 103 Å². The molecule has 0 saturated carbocycles. The van der Waals surface area contributed by atoms with Crippen LogP contribution in [0.1, 0.15) is 38.2 Å². The van der Waals surface area contributed by atoms with Gasteiger partial charge in [-0.3, -0.25) is 0 Å². The van der Waals surface area contributed by atoms with Gasteiger partial charge in [0, 0.05) is 6.04 Å². The number of hydrogen-bond donors (Lipinski definition) is 1. The predicted molar refractivity (Wildman–Crippen MR) is 72.0 cm³/mol. The second-order valence-corrected chi connectivity index (χ2v) is 4.64. The molecule has 2 N–H and O–H groups in total. The van der Waals surface area contributed by atoms with E-state index in [2.05, 4.69) is 37.3 Å². The van der Waals surface area contributed by atoms with E-state index in [1.165, 1.54) is 11.1 Å². The Balaban J connectivity index is 2.02. The topological polar surface area (TPSA) is 35.2 Å². The molecule has 0 fully saturated rings. The lowest BCUT2D eigenvalue weighted by atomic mass is 9.91. The monoisotopic (exact) mass is 231 g/mol. The fourth-order valence-corrected chi connectivity index (χ4v) is 2.10. The maximum Gasteiger partial charge on any atom is 0.119 e. The van der Waals surface area contributed by atoms with E-state index in [-0.39, 0.29) is 0 Å². The van der Waals surface area contributed by atoms with Crippen LogP contribution < -0.4 is 10.5 Å². The van der Waals surface area contributed by atoms with Gasteiger partial charge in [-0.15, -0.1) is 0 Å². The summed E-state index contributed by atoms with van der Waals surface area (Å²) in [6, 6.07) is 8.76. The molecule has 0 saturated heterocycles. The molecule has 1 aromatic carbocycles. The maximum absolute atomic E-state index is 5.89. The Morgan fingerprint density at radius 2 is 2.06 bits per heavy atom. The van der Waals surface area contributed by atoms with Gasteiger partial charge in [-0.1, -0.05) is 25.1 Å². The SMILES string of the molecule is CCCOc1ccc(C2=CCC(N)CC2)cc1. The maximum atomic E-state index is 5.89. The zero-order valence-corrected chi connectivity index (χ0v) is 10.5. The number of allylic oxidation sites excluding steroid dienone is 1. The van der Waals surface area contributed by atoms with Gasteiger partial charge in [-0.25, -0.2) is 0 Å². The standard InChI is InChI=1S/C15H21NO/c1-2-11-17-15-9-5-13(6-10-15)12-3-7-14(16)8-4-12/h3,5-6,9-10,14H,2,4,7-8,11,16H2,1H3. The second kappa shape index (κ2) is 5.87. The van der Waals surface area contributed by atoms with Gasteiger partial charge in [0.05, 0.1) is 6.61 Å².